The molecule has 1 aromatic heterocycles. The summed E-state index contributed by atoms with van der Waals surface area (Å²) in [5, 5.41) is 8.93. The van der Waals surface area contributed by atoms with Gasteiger partial charge in [0.1, 0.15) is 0 Å². The van der Waals surface area contributed by atoms with E-state index < -0.39 is 0 Å². The Bertz CT molecular complexity index is 250. The molecule has 0 saturated carbocycles. The van der Waals surface area contributed by atoms with Gasteiger partial charge in [0.05, 0.1) is 3.79 Å². The first-order chi connectivity index (χ1) is 6.83. The van der Waals surface area contributed by atoms with Gasteiger partial charge in [-0.25, -0.2) is 0 Å². The minimum absolute atomic E-state index is 0.968. The van der Waals surface area contributed by atoms with Crippen LogP contribution in [0.1, 0.15) is 18.9 Å². The topological polar surface area (TPSA) is 24.1 Å². The Hall–Kier alpha value is 0.100. The summed E-state index contributed by atoms with van der Waals surface area (Å²) in [4.78, 5) is 0. The maximum absolute atomic E-state index is 3.45. The second kappa shape index (κ2) is 7.40. The van der Waals surface area contributed by atoms with Crippen LogP contribution >= 0.6 is 27.3 Å². The molecule has 0 aliphatic heterocycles. The van der Waals surface area contributed by atoms with Gasteiger partial charge in [-0.2, -0.15) is 0 Å². The Balaban J connectivity index is 1.99. The molecule has 0 atom stereocenters. The van der Waals surface area contributed by atoms with Crippen LogP contribution in [0.3, 0.4) is 0 Å². The molecule has 0 aliphatic rings. The van der Waals surface area contributed by atoms with E-state index in [1.807, 2.05) is 0 Å². The van der Waals surface area contributed by atoms with E-state index in [2.05, 4.69) is 44.9 Å². The lowest BCUT2D eigenvalue weighted by molar-refractivity contribution is 0.607. The van der Waals surface area contributed by atoms with Gasteiger partial charge in [0.15, 0.2) is 0 Å². The van der Waals surface area contributed by atoms with Crippen LogP contribution in [-0.2, 0) is 6.54 Å². The molecular weight excluding hydrogens is 260 g/mol. The van der Waals surface area contributed by atoms with E-state index in [9.17, 15) is 0 Å². The Morgan fingerprint density at radius 1 is 1.29 bits per heavy atom. The second-order valence-electron chi connectivity index (χ2n) is 3.19. The van der Waals surface area contributed by atoms with Gasteiger partial charge in [0, 0.05) is 19.6 Å². The van der Waals surface area contributed by atoms with Crippen molar-refractivity contribution in [2.45, 2.75) is 19.9 Å². The SMILES string of the molecule is CCCNCCNCc1csc(Br)c1. The highest BCUT2D eigenvalue weighted by Crippen LogP contribution is 2.20. The van der Waals surface area contributed by atoms with Crippen LogP contribution in [-0.4, -0.2) is 19.6 Å². The van der Waals surface area contributed by atoms with Crippen molar-refractivity contribution in [3.8, 4) is 0 Å². The van der Waals surface area contributed by atoms with Gasteiger partial charge >= 0.3 is 0 Å². The minimum atomic E-state index is 0.968. The zero-order valence-electron chi connectivity index (χ0n) is 8.48. The minimum Gasteiger partial charge on any atom is -0.315 e. The van der Waals surface area contributed by atoms with Crippen LogP contribution < -0.4 is 10.6 Å². The van der Waals surface area contributed by atoms with E-state index in [1.165, 1.54) is 15.8 Å². The van der Waals surface area contributed by atoms with Gasteiger partial charge in [-0.05, 0) is 45.9 Å². The molecule has 4 heteroatoms. The smallest absolute Gasteiger partial charge is 0.0701 e. The second-order valence-corrected chi connectivity index (χ2v) is 5.48. The molecule has 0 saturated heterocycles. The predicted octanol–water partition coefficient (Wildman–Crippen LogP) is 2.60. The molecule has 14 heavy (non-hydrogen) atoms. The van der Waals surface area contributed by atoms with E-state index in [-0.39, 0.29) is 0 Å². The standard InChI is InChI=1S/C10H17BrN2S/c1-2-3-12-4-5-13-7-9-6-10(11)14-8-9/h6,8,12-13H,2-5,7H2,1H3. The van der Waals surface area contributed by atoms with Crippen LogP contribution in [0.15, 0.2) is 15.2 Å². The number of thiophene rings is 1. The fraction of sp³-hybridized carbons (Fsp3) is 0.600. The normalized spacial score (nSPS) is 10.7. The third-order valence-corrected chi connectivity index (χ3v) is 3.41. The van der Waals surface area contributed by atoms with Gasteiger partial charge in [0.2, 0.25) is 0 Å². The van der Waals surface area contributed by atoms with Gasteiger partial charge in [0.25, 0.3) is 0 Å². The average Bonchev–Trinajstić information content (AvgIpc) is 2.58. The highest BCUT2D eigenvalue weighted by atomic mass is 79.9. The summed E-state index contributed by atoms with van der Waals surface area (Å²) < 4.78 is 1.21. The van der Waals surface area contributed by atoms with Crippen molar-refractivity contribution in [1.29, 1.82) is 0 Å². The molecule has 80 valence electrons. The molecule has 1 rings (SSSR count). The Morgan fingerprint density at radius 2 is 2.07 bits per heavy atom. The maximum atomic E-state index is 3.45. The third-order valence-electron chi connectivity index (χ3n) is 1.86. The lowest BCUT2D eigenvalue weighted by Crippen LogP contribution is -2.27. The fourth-order valence-electron chi connectivity index (χ4n) is 1.15. The number of halogens is 1. The van der Waals surface area contributed by atoms with Crippen LogP contribution in [0.25, 0.3) is 0 Å². The van der Waals surface area contributed by atoms with Crippen LogP contribution in [0.2, 0.25) is 0 Å². The largest absolute Gasteiger partial charge is 0.315 e. The fourth-order valence-corrected chi connectivity index (χ4v) is 2.36. The average molecular weight is 277 g/mol. The van der Waals surface area contributed by atoms with Gasteiger partial charge in [-0.1, -0.05) is 6.92 Å². The van der Waals surface area contributed by atoms with Crippen LogP contribution in [0.5, 0.6) is 0 Å². The first-order valence-electron chi connectivity index (χ1n) is 4.97. The molecule has 0 aliphatic carbocycles. The quantitative estimate of drug-likeness (QED) is 0.749. The molecular formula is C10H17BrN2S. The first-order valence-corrected chi connectivity index (χ1v) is 6.64. The molecule has 0 radical (unpaired) electrons. The van der Waals surface area contributed by atoms with E-state index >= 15 is 0 Å². The number of rotatable bonds is 7. The molecule has 0 amide bonds. The van der Waals surface area contributed by atoms with Crippen molar-refractivity contribution in [1.82, 2.24) is 10.6 Å². The summed E-state index contributed by atoms with van der Waals surface area (Å²) in [5.74, 6) is 0. The Labute approximate surface area is 98.2 Å². The van der Waals surface area contributed by atoms with Crippen molar-refractivity contribution >= 4 is 27.3 Å². The summed E-state index contributed by atoms with van der Waals surface area (Å²) in [6.07, 6.45) is 1.21. The molecule has 1 aromatic rings. The predicted molar refractivity (Wildman–Crippen MR) is 66.9 cm³/mol. The van der Waals surface area contributed by atoms with E-state index in [1.54, 1.807) is 11.3 Å². The van der Waals surface area contributed by atoms with Gasteiger partial charge in [-0.15, -0.1) is 11.3 Å². The lowest BCUT2D eigenvalue weighted by atomic mass is 10.3. The van der Waals surface area contributed by atoms with Crippen molar-refractivity contribution in [3.05, 3.63) is 20.8 Å². The van der Waals surface area contributed by atoms with Crippen molar-refractivity contribution in [2.24, 2.45) is 0 Å². The molecule has 0 aromatic carbocycles. The zero-order valence-corrected chi connectivity index (χ0v) is 10.9. The monoisotopic (exact) mass is 276 g/mol. The molecule has 2 nitrogen and oxygen atoms in total. The van der Waals surface area contributed by atoms with Crippen molar-refractivity contribution in [2.75, 3.05) is 19.6 Å². The number of hydrogen-bond donors (Lipinski definition) is 2. The highest BCUT2D eigenvalue weighted by molar-refractivity contribution is 9.11. The summed E-state index contributed by atoms with van der Waals surface area (Å²) >= 11 is 5.19. The van der Waals surface area contributed by atoms with E-state index in [0.717, 1.165) is 26.2 Å². The molecule has 2 N–H and O–H groups in total. The van der Waals surface area contributed by atoms with Gasteiger partial charge < -0.3 is 10.6 Å². The number of hydrogen-bond acceptors (Lipinski definition) is 3. The van der Waals surface area contributed by atoms with E-state index in [4.69, 9.17) is 0 Å². The Kier molecular flexibility index (Phi) is 6.43. The van der Waals surface area contributed by atoms with Crippen molar-refractivity contribution in [3.63, 3.8) is 0 Å². The van der Waals surface area contributed by atoms with Crippen LogP contribution in [0, 0.1) is 0 Å². The lowest BCUT2D eigenvalue weighted by Gasteiger charge is -2.04. The maximum Gasteiger partial charge on any atom is 0.0701 e. The van der Waals surface area contributed by atoms with Crippen LogP contribution in [0.4, 0.5) is 0 Å². The summed E-state index contributed by atoms with van der Waals surface area (Å²) in [6.45, 7) is 6.36. The molecule has 0 fully saturated rings. The Morgan fingerprint density at radius 3 is 2.71 bits per heavy atom. The summed E-state index contributed by atoms with van der Waals surface area (Å²) in [7, 11) is 0. The third kappa shape index (κ3) is 5.10. The zero-order chi connectivity index (χ0) is 10.2. The highest BCUT2D eigenvalue weighted by Gasteiger charge is 1.95. The molecule has 0 unspecified atom stereocenters. The molecule has 0 spiro atoms. The summed E-state index contributed by atoms with van der Waals surface area (Å²) in [5.41, 5.74) is 1.36. The van der Waals surface area contributed by atoms with Gasteiger partial charge in [-0.3, -0.25) is 0 Å². The first kappa shape index (κ1) is 12.2. The van der Waals surface area contributed by atoms with E-state index in [0.29, 0.717) is 0 Å². The summed E-state index contributed by atoms with van der Waals surface area (Å²) in [6, 6.07) is 2.16. The van der Waals surface area contributed by atoms with Crippen molar-refractivity contribution < 1.29 is 0 Å². The molecule has 0 bridgehead atoms. The number of nitrogens with one attached hydrogen (secondary N) is 2. The molecule has 1 heterocycles.